The van der Waals surface area contributed by atoms with E-state index < -0.39 is 11.9 Å². The zero-order chi connectivity index (χ0) is 31.6. The second kappa shape index (κ2) is 12.9. The van der Waals surface area contributed by atoms with Crippen molar-refractivity contribution >= 4 is 34.5 Å². The van der Waals surface area contributed by atoms with Gasteiger partial charge < -0.3 is 9.80 Å². The van der Waals surface area contributed by atoms with Gasteiger partial charge in [0.15, 0.2) is 0 Å². The van der Waals surface area contributed by atoms with Gasteiger partial charge in [-0.15, -0.1) is 0 Å². The lowest BCUT2D eigenvalue weighted by atomic mass is 10.0. The largest absolute Gasteiger partial charge is 0.343 e. The minimum Gasteiger partial charge on any atom is -0.343 e. The highest BCUT2D eigenvalue weighted by Gasteiger charge is 2.39. The number of nitrogens with zero attached hydrogens (tertiary/aromatic N) is 5. The van der Waals surface area contributed by atoms with Crippen LogP contribution in [0.25, 0.3) is 22.2 Å². The van der Waals surface area contributed by atoms with Crippen LogP contribution in [-0.2, 0) is 27.3 Å². The monoisotopic (exact) mass is 618 g/mol. The Kier molecular flexibility index (Phi) is 8.34. The van der Waals surface area contributed by atoms with E-state index >= 15 is 0 Å². The Balaban J connectivity index is 0.835. The molecule has 0 bridgehead atoms. The van der Waals surface area contributed by atoms with Gasteiger partial charge in [0.2, 0.25) is 17.7 Å². The third-order valence-corrected chi connectivity index (χ3v) is 9.64. The minimum atomic E-state index is -0.596. The van der Waals surface area contributed by atoms with Crippen LogP contribution in [-0.4, -0.2) is 67.3 Å². The normalized spacial score (nSPS) is 18.7. The molecule has 0 radical (unpaired) electrons. The molecule has 4 amide bonds. The van der Waals surface area contributed by atoms with Gasteiger partial charge in [-0.05, 0) is 67.9 Å². The van der Waals surface area contributed by atoms with Crippen LogP contribution in [0.1, 0.15) is 78.9 Å². The van der Waals surface area contributed by atoms with Gasteiger partial charge in [-0.1, -0.05) is 42.8 Å². The van der Waals surface area contributed by atoms with Crippen LogP contribution < -0.4 is 5.32 Å². The summed E-state index contributed by atoms with van der Waals surface area (Å²) in [5.74, 6) is -0.597. The molecule has 46 heavy (non-hydrogen) atoms. The molecule has 1 unspecified atom stereocenters. The van der Waals surface area contributed by atoms with Crippen LogP contribution in [0.4, 0.5) is 0 Å². The number of amides is 4. The Bertz CT molecular complexity index is 1810. The number of unbranched alkanes of at least 4 members (excludes halogenated alkanes) is 2. The molecular formula is C36H38N6O4. The Morgan fingerprint density at radius 2 is 1.78 bits per heavy atom. The number of benzene rings is 2. The number of rotatable bonds is 9. The topological polar surface area (TPSA) is 118 Å². The van der Waals surface area contributed by atoms with Gasteiger partial charge in [0.05, 0.1) is 23.4 Å². The molecule has 4 aromatic rings. The second-order valence-corrected chi connectivity index (χ2v) is 12.7. The van der Waals surface area contributed by atoms with Crippen molar-refractivity contribution in [2.75, 3.05) is 13.1 Å². The molecule has 10 nitrogen and oxygen atoms in total. The van der Waals surface area contributed by atoms with Gasteiger partial charge in [-0.3, -0.25) is 29.2 Å². The van der Waals surface area contributed by atoms with E-state index in [0.29, 0.717) is 24.9 Å². The van der Waals surface area contributed by atoms with E-state index in [1.165, 1.54) is 0 Å². The maximum absolute atomic E-state index is 13.1. The highest BCUT2D eigenvalue weighted by molar-refractivity contribution is 6.05. The number of aryl methyl sites for hydroxylation is 1. The molecule has 2 aromatic carbocycles. The predicted octanol–water partition coefficient (Wildman–Crippen LogP) is 4.83. The lowest BCUT2D eigenvalue weighted by Gasteiger charge is -2.32. The van der Waals surface area contributed by atoms with Crippen LogP contribution in [0.3, 0.4) is 0 Å². The molecule has 1 atom stereocenters. The molecule has 3 aliphatic rings. The predicted molar refractivity (Wildman–Crippen MR) is 172 cm³/mol. The summed E-state index contributed by atoms with van der Waals surface area (Å²) in [4.78, 5) is 58.2. The number of hydrogen-bond acceptors (Lipinski definition) is 6. The summed E-state index contributed by atoms with van der Waals surface area (Å²) in [6.07, 6.45) is 10.4. The van der Waals surface area contributed by atoms with Gasteiger partial charge in [0.25, 0.3) is 5.91 Å². The van der Waals surface area contributed by atoms with Gasteiger partial charge in [-0.2, -0.15) is 5.10 Å². The fourth-order valence-corrected chi connectivity index (χ4v) is 6.97. The molecule has 5 heterocycles. The van der Waals surface area contributed by atoms with Crippen molar-refractivity contribution in [3.05, 3.63) is 83.7 Å². The molecule has 7 rings (SSSR count). The summed E-state index contributed by atoms with van der Waals surface area (Å²) >= 11 is 0. The molecule has 10 heteroatoms. The van der Waals surface area contributed by atoms with E-state index in [4.69, 9.17) is 4.98 Å². The molecule has 0 spiro atoms. The molecule has 1 N–H and O–H groups in total. The standard InChI is InChI=1S/C36H38N6O4/c43-33-15-14-32(35(45)39-33)41-22-26-11-10-24(20-29(26)36(41)46)6-2-1-3-9-34(44)40-18-16-28(17-19-40)42-23-27(21-37-42)31-13-12-25-7-4-5-8-30(25)38-31/h4-5,7-8,10-13,20-21,23,28,32H,1-3,6,9,14-19,22H2,(H,39,43,45). The molecule has 236 valence electrons. The zero-order valence-electron chi connectivity index (χ0n) is 25.9. The molecule has 2 aromatic heterocycles. The number of likely N-dealkylation sites (tertiary alicyclic amines) is 1. The van der Waals surface area contributed by atoms with Crippen molar-refractivity contribution in [1.82, 2.24) is 29.9 Å². The number of carbonyl (C=O) groups is 4. The lowest BCUT2D eigenvalue weighted by molar-refractivity contribution is -0.137. The van der Waals surface area contributed by atoms with Crippen LogP contribution in [0.2, 0.25) is 0 Å². The summed E-state index contributed by atoms with van der Waals surface area (Å²) in [6, 6.07) is 17.9. The van der Waals surface area contributed by atoms with E-state index in [0.717, 1.165) is 84.9 Å². The number of piperidine rings is 2. The van der Waals surface area contributed by atoms with E-state index in [1.807, 2.05) is 52.2 Å². The second-order valence-electron chi connectivity index (χ2n) is 12.7. The number of aromatic nitrogens is 3. The Morgan fingerprint density at radius 3 is 2.63 bits per heavy atom. The number of carbonyl (C=O) groups excluding carboxylic acids is 4. The van der Waals surface area contributed by atoms with Crippen LogP contribution in [0, 0.1) is 0 Å². The SMILES string of the molecule is O=C1CCC(N2Cc3ccc(CCCCCC(=O)N4CCC(n5cc(-c6ccc7ccccc7n6)cn5)CC4)cc3C2=O)C(=O)N1. The number of fused-ring (bicyclic) bond motifs is 2. The first-order chi connectivity index (χ1) is 22.4. The lowest BCUT2D eigenvalue weighted by Crippen LogP contribution is -2.52. The molecular weight excluding hydrogens is 580 g/mol. The van der Waals surface area contributed by atoms with Gasteiger partial charge in [0.1, 0.15) is 6.04 Å². The summed E-state index contributed by atoms with van der Waals surface area (Å²) in [7, 11) is 0. The van der Waals surface area contributed by atoms with E-state index in [9.17, 15) is 19.2 Å². The van der Waals surface area contributed by atoms with Crippen molar-refractivity contribution < 1.29 is 19.2 Å². The average molecular weight is 619 g/mol. The first kappa shape index (κ1) is 29.8. The van der Waals surface area contributed by atoms with Crippen molar-refractivity contribution in [1.29, 1.82) is 0 Å². The summed E-state index contributed by atoms with van der Waals surface area (Å²) in [6.45, 7) is 1.88. The van der Waals surface area contributed by atoms with Gasteiger partial charge in [-0.25, -0.2) is 4.98 Å². The van der Waals surface area contributed by atoms with E-state index in [2.05, 4.69) is 34.8 Å². The highest BCUT2D eigenvalue weighted by atomic mass is 16.2. The summed E-state index contributed by atoms with van der Waals surface area (Å²) < 4.78 is 2.03. The first-order valence-electron chi connectivity index (χ1n) is 16.4. The molecule has 2 saturated heterocycles. The molecule has 0 saturated carbocycles. The number of hydrogen-bond donors (Lipinski definition) is 1. The average Bonchev–Trinajstić information content (AvgIpc) is 3.70. The molecule has 3 aliphatic heterocycles. The van der Waals surface area contributed by atoms with Gasteiger partial charge in [0, 0.05) is 55.2 Å². The minimum absolute atomic E-state index is 0.143. The third-order valence-electron chi connectivity index (χ3n) is 9.64. The smallest absolute Gasteiger partial charge is 0.255 e. The van der Waals surface area contributed by atoms with Crippen LogP contribution in [0.5, 0.6) is 0 Å². The third kappa shape index (κ3) is 6.16. The van der Waals surface area contributed by atoms with Crippen LogP contribution >= 0.6 is 0 Å². The summed E-state index contributed by atoms with van der Waals surface area (Å²) in [5.41, 5.74) is 5.55. The zero-order valence-corrected chi connectivity index (χ0v) is 25.9. The van der Waals surface area contributed by atoms with Crippen molar-refractivity contribution in [3.63, 3.8) is 0 Å². The number of para-hydroxylation sites is 1. The summed E-state index contributed by atoms with van der Waals surface area (Å²) in [5, 5.41) is 8.11. The highest BCUT2D eigenvalue weighted by Crippen LogP contribution is 2.29. The van der Waals surface area contributed by atoms with Crippen molar-refractivity contribution in [2.45, 2.75) is 76.4 Å². The molecule has 0 aliphatic carbocycles. The Hall–Kier alpha value is -4.86. The Morgan fingerprint density at radius 1 is 0.935 bits per heavy atom. The van der Waals surface area contributed by atoms with Crippen molar-refractivity contribution in [2.24, 2.45) is 0 Å². The first-order valence-corrected chi connectivity index (χ1v) is 16.4. The van der Waals surface area contributed by atoms with E-state index in [1.54, 1.807) is 4.90 Å². The Labute approximate surface area is 267 Å². The molecule has 2 fully saturated rings. The fourth-order valence-electron chi connectivity index (χ4n) is 6.97. The number of nitrogens with one attached hydrogen (secondary N) is 1. The van der Waals surface area contributed by atoms with E-state index in [-0.39, 0.29) is 30.2 Å². The quantitative estimate of drug-likeness (QED) is 0.212. The van der Waals surface area contributed by atoms with Crippen molar-refractivity contribution in [3.8, 4) is 11.3 Å². The fraction of sp³-hybridized carbons (Fsp3) is 0.389. The van der Waals surface area contributed by atoms with Gasteiger partial charge >= 0.3 is 0 Å². The maximum atomic E-state index is 13.1. The van der Waals surface area contributed by atoms with Crippen LogP contribution in [0.15, 0.2) is 67.0 Å². The number of pyridine rings is 1. The number of imide groups is 1. The maximum Gasteiger partial charge on any atom is 0.255 e.